The number of imide groups is 1. The van der Waals surface area contributed by atoms with Crippen molar-refractivity contribution in [3.05, 3.63) is 78.0 Å². The van der Waals surface area contributed by atoms with E-state index in [0.717, 1.165) is 22.2 Å². The summed E-state index contributed by atoms with van der Waals surface area (Å²) in [5.74, 6) is 0.766. The molecule has 1 N–H and O–H groups in total. The van der Waals surface area contributed by atoms with Crippen molar-refractivity contribution in [1.82, 2.24) is 4.90 Å². The van der Waals surface area contributed by atoms with E-state index in [2.05, 4.69) is 19.2 Å². The van der Waals surface area contributed by atoms with Crippen molar-refractivity contribution in [3.63, 3.8) is 0 Å². The molecule has 1 heterocycles. The minimum absolute atomic E-state index is 0.169. The molecule has 0 radical (unpaired) electrons. The average Bonchev–Trinajstić information content (AvgIpc) is 3.02. The van der Waals surface area contributed by atoms with E-state index in [1.807, 2.05) is 80.6 Å². The fourth-order valence-corrected chi connectivity index (χ4v) is 3.94. The molecule has 5 heteroatoms. The van der Waals surface area contributed by atoms with Gasteiger partial charge in [0.15, 0.2) is 0 Å². The zero-order valence-electron chi connectivity index (χ0n) is 19.6. The quantitative estimate of drug-likeness (QED) is 0.453. The maximum atomic E-state index is 13.4. The van der Waals surface area contributed by atoms with Crippen LogP contribution in [0, 0.1) is 11.8 Å². The molecule has 0 atom stereocenters. The summed E-state index contributed by atoms with van der Waals surface area (Å²) in [6, 6.07) is 21.3. The van der Waals surface area contributed by atoms with Gasteiger partial charge < -0.3 is 10.1 Å². The van der Waals surface area contributed by atoms with Gasteiger partial charge in [0.1, 0.15) is 11.4 Å². The Balaban J connectivity index is 1.75. The molecular weight excluding hydrogens is 412 g/mol. The minimum atomic E-state index is -0.295. The second-order valence-electron chi connectivity index (χ2n) is 9.25. The maximum Gasteiger partial charge on any atom is 0.278 e. The van der Waals surface area contributed by atoms with Crippen molar-refractivity contribution in [2.75, 3.05) is 18.5 Å². The van der Waals surface area contributed by atoms with Crippen LogP contribution in [0.2, 0.25) is 0 Å². The summed E-state index contributed by atoms with van der Waals surface area (Å²) in [6.45, 7) is 9.18. The fraction of sp³-hybridized carbons (Fsp3) is 0.286. The van der Waals surface area contributed by atoms with E-state index >= 15 is 0 Å². The molecule has 0 spiro atoms. The Morgan fingerprint density at radius 2 is 1.52 bits per heavy atom. The molecule has 0 bridgehead atoms. The first-order chi connectivity index (χ1) is 15.8. The Morgan fingerprint density at radius 3 is 2.21 bits per heavy atom. The van der Waals surface area contributed by atoms with Gasteiger partial charge in [0.05, 0.1) is 12.2 Å². The van der Waals surface area contributed by atoms with Crippen LogP contribution in [0.25, 0.3) is 16.3 Å². The van der Waals surface area contributed by atoms with Crippen LogP contribution in [0.3, 0.4) is 0 Å². The molecule has 1 aliphatic heterocycles. The number of carbonyl (C=O) groups excluding carboxylic acids is 2. The largest absolute Gasteiger partial charge is 0.493 e. The standard InChI is InChI=1S/C28H30N2O3/c1-18(2)16-30-27(31)25(21-12-14-22(15-13-21)33-17-19(3)4)26(28(30)32)29-24-11-7-9-20-8-5-6-10-23(20)24/h5-15,18-19,29H,16-17H2,1-4H3. The van der Waals surface area contributed by atoms with Crippen LogP contribution in [-0.4, -0.2) is 29.9 Å². The van der Waals surface area contributed by atoms with Gasteiger partial charge in [-0.15, -0.1) is 0 Å². The van der Waals surface area contributed by atoms with Crippen LogP contribution < -0.4 is 10.1 Å². The highest BCUT2D eigenvalue weighted by Crippen LogP contribution is 2.33. The molecule has 5 nitrogen and oxygen atoms in total. The highest BCUT2D eigenvalue weighted by Gasteiger charge is 2.39. The summed E-state index contributed by atoms with van der Waals surface area (Å²) in [5.41, 5.74) is 2.20. The highest BCUT2D eigenvalue weighted by atomic mass is 16.5. The van der Waals surface area contributed by atoms with E-state index < -0.39 is 0 Å². The number of amides is 2. The van der Waals surface area contributed by atoms with Crippen LogP contribution >= 0.6 is 0 Å². The number of hydrogen-bond donors (Lipinski definition) is 1. The molecule has 33 heavy (non-hydrogen) atoms. The first-order valence-corrected chi connectivity index (χ1v) is 11.4. The lowest BCUT2D eigenvalue weighted by molar-refractivity contribution is -0.137. The monoisotopic (exact) mass is 442 g/mol. The topological polar surface area (TPSA) is 58.6 Å². The van der Waals surface area contributed by atoms with Crippen molar-refractivity contribution < 1.29 is 14.3 Å². The lowest BCUT2D eigenvalue weighted by atomic mass is 10.0. The Labute approximate surface area is 195 Å². The number of nitrogens with one attached hydrogen (secondary N) is 1. The van der Waals surface area contributed by atoms with Crippen LogP contribution in [0.5, 0.6) is 5.75 Å². The van der Waals surface area contributed by atoms with Crippen molar-refractivity contribution in [2.24, 2.45) is 11.8 Å². The van der Waals surface area contributed by atoms with Gasteiger partial charge in [-0.2, -0.15) is 0 Å². The summed E-state index contributed by atoms with van der Waals surface area (Å²) in [6.07, 6.45) is 0. The van der Waals surface area contributed by atoms with Gasteiger partial charge in [0.2, 0.25) is 0 Å². The van der Waals surface area contributed by atoms with Crippen molar-refractivity contribution in [3.8, 4) is 5.75 Å². The molecule has 170 valence electrons. The van der Waals surface area contributed by atoms with Gasteiger partial charge in [-0.3, -0.25) is 14.5 Å². The Hall–Kier alpha value is -3.60. The normalized spacial score (nSPS) is 14.2. The predicted molar refractivity (Wildman–Crippen MR) is 133 cm³/mol. The van der Waals surface area contributed by atoms with Crippen molar-refractivity contribution >= 4 is 33.8 Å². The molecular formula is C28H30N2O3. The molecule has 1 aliphatic rings. The summed E-state index contributed by atoms with van der Waals surface area (Å²) in [5, 5.41) is 5.36. The molecule has 0 unspecified atom stereocenters. The third-order valence-corrected chi connectivity index (χ3v) is 5.49. The SMILES string of the molecule is CC(C)COc1ccc(C2=C(Nc3cccc4ccccc34)C(=O)N(CC(C)C)C2=O)cc1. The van der Waals surface area contributed by atoms with E-state index in [-0.39, 0.29) is 17.7 Å². The lowest BCUT2D eigenvalue weighted by Crippen LogP contribution is -2.35. The summed E-state index contributed by atoms with van der Waals surface area (Å²) >= 11 is 0. The first kappa shape index (κ1) is 22.6. The smallest absolute Gasteiger partial charge is 0.278 e. The van der Waals surface area contributed by atoms with E-state index in [4.69, 9.17) is 4.74 Å². The molecule has 4 rings (SSSR count). The summed E-state index contributed by atoms with van der Waals surface area (Å²) in [7, 11) is 0. The number of anilines is 1. The van der Waals surface area contributed by atoms with E-state index in [1.54, 1.807) is 0 Å². The van der Waals surface area contributed by atoms with Crippen molar-refractivity contribution in [1.29, 1.82) is 0 Å². The molecule has 2 amide bonds. The first-order valence-electron chi connectivity index (χ1n) is 11.4. The van der Waals surface area contributed by atoms with Gasteiger partial charge >= 0.3 is 0 Å². The Kier molecular flexibility index (Phi) is 6.50. The number of nitrogens with zero attached hydrogens (tertiary/aromatic N) is 1. The summed E-state index contributed by atoms with van der Waals surface area (Å²) < 4.78 is 5.78. The fourth-order valence-electron chi connectivity index (χ4n) is 3.94. The zero-order chi connectivity index (χ0) is 23.5. The molecule has 0 saturated carbocycles. The van der Waals surface area contributed by atoms with Gasteiger partial charge in [-0.05, 0) is 41.0 Å². The van der Waals surface area contributed by atoms with Gasteiger partial charge in [0, 0.05) is 17.6 Å². The summed E-state index contributed by atoms with van der Waals surface area (Å²) in [4.78, 5) is 28.1. The van der Waals surface area contributed by atoms with Crippen molar-refractivity contribution in [2.45, 2.75) is 27.7 Å². The minimum Gasteiger partial charge on any atom is -0.493 e. The highest BCUT2D eigenvalue weighted by molar-refractivity contribution is 6.36. The zero-order valence-corrected chi connectivity index (χ0v) is 19.6. The van der Waals surface area contributed by atoms with Crippen LogP contribution in [0.15, 0.2) is 72.4 Å². The Morgan fingerprint density at radius 1 is 0.818 bits per heavy atom. The third-order valence-electron chi connectivity index (χ3n) is 5.49. The molecule has 0 fully saturated rings. The third kappa shape index (κ3) is 4.77. The van der Waals surface area contributed by atoms with Gasteiger partial charge in [0.25, 0.3) is 11.8 Å². The van der Waals surface area contributed by atoms with E-state index in [0.29, 0.717) is 35.9 Å². The Bertz CT molecular complexity index is 1200. The number of carbonyl (C=O) groups is 2. The van der Waals surface area contributed by atoms with Gasteiger partial charge in [-0.25, -0.2) is 0 Å². The number of ether oxygens (including phenoxy) is 1. The molecule has 0 aliphatic carbocycles. The second kappa shape index (κ2) is 9.49. The molecule has 3 aromatic rings. The lowest BCUT2D eigenvalue weighted by Gasteiger charge is -2.17. The van der Waals surface area contributed by atoms with E-state index in [9.17, 15) is 9.59 Å². The van der Waals surface area contributed by atoms with Gasteiger partial charge in [-0.1, -0.05) is 76.2 Å². The maximum absolute atomic E-state index is 13.4. The number of rotatable bonds is 8. The van der Waals surface area contributed by atoms with Crippen LogP contribution in [-0.2, 0) is 9.59 Å². The number of fused-ring (bicyclic) bond motifs is 1. The van der Waals surface area contributed by atoms with Crippen LogP contribution in [0.4, 0.5) is 5.69 Å². The number of benzene rings is 3. The predicted octanol–water partition coefficient (Wildman–Crippen LogP) is 5.72. The average molecular weight is 443 g/mol. The van der Waals surface area contributed by atoms with E-state index in [1.165, 1.54) is 4.90 Å². The molecule has 0 saturated heterocycles. The number of hydrogen-bond acceptors (Lipinski definition) is 4. The molecule has 3 aromatic carbocycles. The van der Waals surface area contributed by atoms with Crippen LogP contribution in [0.1, 0.15) is 33.3 Å². The molecule has 0 aromatic heterocycles. The second-order valence-corrected chi connectivity index (χ2v) is 9.25.